The summed E-state index contributed by atoms with van der Waals surface area (Å²) < 4.78 is 25.2. The summed E-state index contributed by atoms with van der Waals surface area (Å²) in [6.45, 7) is 5.97. The van der Waals surface area contributed by atoms with Crippen molar-refractivity contribution in [1.29, 1.82) is 0 Å². The number of rotatable bonds is 1. The molecule has 3 nitrogen and oxygen atoms in total. The van der Waals surface area contributed by atoms with Crippen molar-refractivity contribution in [1.82, 2.24) is 0 Å². The molecule has 0 bridgehead atoms. The van der Waals surface area contributed by atoms with E-state index in [0.717, 1.165) is 41.2 Å². The molecule has 0 N–H and O–H groups in total. The summed E-state index contributed by atoms with van der Waals surface area (Å²) in [5.41, 5.74) is 2.30. The zero-order valence-corrected chi connectivity index (χ0v) is 15.1. The summed E-state index contributed by atoms with van der Waals surface area (Å²) >= 11 is 0. The Balaban J connectivity index is 1.72. The maximum Gasteiger partial charge on any atom is 0.255 e. The molecular formula is C20H22O3S. The number of hydrogen-bond donors (Lipinski definition) is 0. The van der Waals surface area contributed by atoms with Gasteiger partial charge in [0, 0.05) is 16.7 Å². The largest absolute Gasteiger partial charge is 0.452 e. The van der Waals surface area contributed by atoms with Crippen LogP contribution in [0.2, 0.25) is 0 Å². The maximum atomic E-state index is 13.0. The van der Waals surface area contributed by atoms with Gasteiger partial charge in [0.05, 0.1) is 22.1 Å². The molecule has 126 valence electrons. The molecule has 0 saturated heterocycles. The Morgan fingerprint density at radius 2 is 1.75 bits per heavy atom. The zero-order valence-electron chi connectivity index (χ0n) is 14.3. The Morgan fingerprint density at radius 1 is 1.00 bits per heavy atom. The van der Waals surface area contributed by atoms with E-state index < -0.39 is 16.6 Å². The maximum absolute atomic E-state index is 13.0. The average Bonchev–Trinajstić information content (AvgIpc) is 2.90. The van der Waals surface area contributed by atoms with Crippen LogP contribution in [0, 0.1) is 0 Å². The minimum Gasteiger partial charge on any atom is -0.452 e. The molecule has 2 aliphatic heterocycles. The van der Waals surface area contributed by atoms with E-state index in [1.54, 1.807) is 0 Å². The summed E-state index contributed by atoms with van der Waals surface area (Å²) in [5.74, 6) is 0.995. The van der Waals surface area contributed by atoms with Gasteiger partial charge in [-0.2, -0.15) is 0 Å². The highest BCUT2D eigenvalue weighted by atomic mass is 32.2. The Bertz CT molecular complexity index is 795. The van der Waals surface area contributed by atoms with Crippen molar-refractivity contribution >= 4 is 10.8 Å². The van der Waals surface area contributed by atoms with Crippen molar-refractivity contribution in [3.05, 3.63) is 53.6 Å². The monoisotopic (exact) mass is 342 g/mol. The Kier molecular flexibility index (Phi) is 3.50. The van der Waals surface area contributed by atoms with E-state index in [2.05, 4.69) is 12.1 Å². The normalized spacial score (nSPS) is 23.1. The summed E-state index contributed by atoms with van der Waals surface area (Å²) in [7, 11) is -1.14. The zero-order chi connectivity index (χ0) is 16.9. The number of para-hydroxylation sites is 2. The molecule has 24 heavy (non-hydrogen) atoms. The Morgan fingerprint density at radius 3 is 2.50 bits per heavy atom. The second-order valence-electron chi connectivity index (χ2n) is 7.52. The summed E-state index contributed by atoms with van der Waals surface area (Å²) in [5, 5.41) is 0. The molecule has 2 aromatic carbocycles. The van der Waals surface area contributed by atoms with Crippen LogP contribution in [0.15, 0.2) is 47.4 Å². The highest BCUT2D eigenvalue weighted by Crippen LogP contribution is 2.45. The second kappa shape index (κ2) is 5.35. The minimum atomic E-state index is -1.14. The van der Waals surface area contributed by atoms with Crippen LogP contribution in [0.1, 0.15) is 38.3 Å². The van der Waals surface area contributed by atoms with Gasteiger partial charge in [-0.3, -0.25) is 4.21 Å². The van der Waals surface area contributed by atoms with E-state index in [1.165, 1.54) is 5.56 Å². The number of fused-ring (bicyclic) bond motifs is 2. The van der Waals surface area contributed by atoms with E-state index in [0.29, 0.717) is 0 Å². The SMILES string of the molecule is CC(C)(C)[S@@](=O)c1cccc2c1O[C@]1(CC2)Cc2ccccc2O1. The van der Waals surface area contributed by atoms with Gasteiger partial charge in [0.15, 0.2) is 0 Å². The topological polar surface area (TPSA) is 35.5 Å². The molecule has 0 unspecified atom stereocenters. The van der Waals surface area contributed by atoms with E-state index in [1.807, 2.05) is 51.1 Å². The van der Waals surface area contributed by atoms with Crippen LogP contribution in [0.5, 0.6) is 11.5 Å². The predicted octanol–water partition coefficient (Wildman–Crippen LogP) is 4.25. The van der Waals surface area contributed by atoms with Gasteiger partial charge in [0.25, 0.3) is 5.79 Å². The lowest BCUT2D eigenvalue weighted by molar-refractivity contribution is -0.112. The van der Waals surface area contributed by atoms with Gasteiger partial charge in [-0.05, 0) is 44.9 Å². The highest BCUT2D eigenvalue weighted by molar-refractivity contribution is 7.86. The van der Waals surface area contributed by atoms with Gasteiger partial charge in [-0.1, -0.05) is 30.3 Å². The van der Waals surface area contributed by atoms with Crippen LogP contribution in [-0.4, -0.2) is 14.7 Å². The fraction of sp³-hybridized carbons (Fsp3) is 0.400. The molecule has 0 aromatic heterocycles. The Hall–Kier alpha value is -1.81. The van der Waals surface area contributed by atoms with Crippen molar-refractivity contribution in [2.45, 2.75) is 55.5 Å². The van der Waals surface area contributed by atoms with Crippen LogP contribution in [-0.2, 0) is 23.6 Å². The standard InChI is InChI=1S/C20H22O3S/c1-19(2,3)24(21)17-10-6-8-14-11-12-20(23-18(14)17)13-15-7-4-5-9-16(15)22-20/h4-10H,11-13H2,1-3H3/t20-,24+/m1/s1. The molecule has 0 amide bonds. The van der Waals surface area contributed by atoms with Crippen molar-refractivity contribution in [2.75, 3.05) is 0 Å². The molecule has 4 rings (SSSR count). The van der Waals surface area contributed by atoms with Crippen LogP contribution >= 0.6 is 0 Å². The molecule has 0 fully saturated rings. The third-order valence-corrected chi connectivity index (χ3v) is 6.44. The van der Waals surface area contributed by atoms with Crippen molar-refractivity contribution in [2.24, 2.45) is 0 Å². The number of hydrogen-bond acceptors (Lipinski definition) is 3. The number of benzene rings is 2. The van der Waals surface area contributed by atoms with Gasteiger partial charge < -0.3 is 9.47 Å². The van der Waals surface area contributed by atoms with Crippen molar-refractivity contribution < 1.29 is 13.7 Å². The molecule has 0 aliphatic carbocycles. The smallest absolute Gasteiger partial charge is 0.255 e. The number of ether oxygens (including phenoxy) is 2. The predicted molar refractivity (Wildman–Crippen MR) is 95.1 cm³/mol. The van der Waals surface area contributed by atoms with E-state index in [9.17, 15) is 4.21 Å². The third-order valence-electron chi connectivity index (χ3n) is 4.61. The van der Waals surface area contributed by atoms with Gasteiger partial charge in [0.1, 0.15) is 11.5 Å². The first-order chi connectivity index (χ1) is 11.4. The van der Waals surface area contributed by atoms with Gasteiger partial charge >= 0.3 is 0 Å². The lowest BCUT2D eigenvalue weighted by Crippen LogP contribution is -2.44. The molecule has 2 atom stereocenters. The number of aryl methyl sites for hydroxylation is 1. The summed E-state index contributed by atoms with van der Waals surface area (Å²) in [6.07, 6.45) is 2.41. The molecule has 0 radical (unpaired) electrons. The van der Waals surface area contributed by atoms with Gasteiger partial charge in [-0.15, -0.1) is 0 Å². The highest BCUT2D eigenvalue weighted by Gasteiger charge is 2.45. The lowest BCUT2D eigenvalue weighted by Gasteiger charge is -2.36. The molecule has 4 heteroatoms. The van der Waals surface area contributed by atoms with Crippen molar-refractivity contribution in [3.63, 3.8) is 0 Å². The first-order valence-corrected chi connectivity index (χ1v) is 9.53. The molecule has 1 spiro atoms. The van der Waals surface area contributed by atoms with E-state index >= 15 is 0 Å². The first-order valence-electron chi connectivity index (χ1n) is 8.38. The molecular weight excluding hydrogens is 320 g/mol. The molecule has 2 aromatic rings. The second-order valence-corrected chi connectivity index (χ2v) is 9.73. The van der Waals surface area contributed by atoms with Crippen molar-refractivity contribution in [3.8, 4) is 11.5 Å². The van der Waals surface area contributed by atoms with Gasteiger partial charge in [0.2, 0.25) is 0 Å². The molecule has 2 aliphatic rings. The fourth-order valence-electron chi connectivity index (χ4n) is 3.38. The van der Waals surface area contributed by atoms with E-state index in [4.69, 9.17) is 9.47 Å². The third kappa shape index (κ3) is 2.53. The minimum absolute atomic E-state index is 0.331. The van der Waals surface area contributed by atoms with Gasteiger partial charge in [-0.25, -0.2) is 0 Å². The fourth-order valence-corrected chi connectivity index (χ4v) is 4.59. The van der Waals surface area contributed by atoms with Crippen LogP contribution in [0.25, 0.3) is 0 Å². The molecule has 2 heterocycles. The van der Waals surface area contributed by atoms with E-state index in [-0.39, 0.29) is 4.75 Å². The Labute approximate surface area is 145 Å². The average molecular weight is 342 g/mol. The first kappa shape index (κ1) is 15.7. The van der Waals surface area contributed by atoms with Crippen LogP contribution in [0.4, 0.5) is 0 Å². The summed E-state index contributed by atoms with van der Waals surface area (Å²) in [4.78, 5) is 0.777. The lowest BCUT2D eigenvalue weighted by atomic mass is 9.96. The summed E-state index contributed by atoms with van der Waals surface area (Å²) in [6, 6.07) is 14.0. The van der Waals surface area contributed by atoms with Crippen LogP contribution < -0.4 is 9.47 Å². The quantitative estimate of drug-likeness (QED) is 0.777. The van der Waals surface area contributed by atoms with Crippen LogP contribution in [0.3, 0.4) is 0 Å². The molecule has 0 saturated carbocycles.